The van der Waals surface area contributed by atoms with Gasteiger partial charge in [0.2, 0.25) is 5.91 Å². The number of nitrogens with one attached hydrogen (secondary N) is 1. The summed E-state index contributed by atoms with van der Waals surface area (Å²) in [5.74, 6) is 0.623. The van der Waals surface area contributed by atoms with Crippen LogP contribution in [0.5, 0.6) is 0 Å². The topological polar surface area (TPSA) is 64.3 Å². The van der Waals surface area contributed by atoms with Gasteiger partial charge >= 0.3 is 0 Å². The molecule has 0 unspecified atom stereocenters. The van der Waals surface area contributed by atoms with E-state index >= 15 is 0 Å². The van der Waals surface area contributed by atoms with Gasteiger partial charge in [-0.1, -0.05) is 32.0 Å². The average Bonchev–Trinajstić information content (AvgIpc) is 2.41. The van der Waals surface area contributed by atoms with Gasteiger partial charge < -0.3 is 15.8 Å². The summed E-state index contributed by atoms with van der Waals surface area (Å²) in [5.41, 5.74) is 7.62. The fourth-order valence-corrected chi connectivity index (χ4v) is 1.82. The molecule has 0 saturated carbocycles. The van der Waals surface area contributed by atoms with Crippen LogP contribution in [-0.4, -0.2) is 25.7 Å². The molecule has 0 atom stereocenters. The van der Waals surface area contributed by atoms with E-state index in [0.29, 0.717) is 31.9 Å². The number of para-hydroxylation sites is 1. The van der Waals surface area contributed by atoms with Crippen LogP contribution in [0, 0.1) is 5.92 Å². The highest BCUT2D eigenvalue weighted by molar-refractivity contribution is 5.85. The maximum absolute atomic E-state index is 11.7. The Morgan fingerprint density at radius 1 is 1.33 bits per heavy atom. The van der Waals surface area contributed by atoms with Crippen LogP contribution in [0.25, 0.3) is 0 Å². The molecule has 0 saturated heterocycles. The van der Waals surface area contributed by atoms with Gasteiger partial charge in [-0.05, 0) is 30.4 Å². The van der Waals surface area contributed by atoms with Crippen LogP contribution in [0.4, 0.5) is 5.69 Å². The molecule has 1 rings (SSSR count). The average molecular weight is 315 g/mol. The lowest BCUT2D eigenvalue weighted by molar-refractivity contribution is -0.121. The summed E-state index contributed by atoms with van der Waals surface area (Å²) in [6.07, 6.45) is 2.01. The van der Waals surface area contributed by atoms with Crippen molar-refractivity contribution < 1.29 is 9.53 Å². The lowest BCUT2D eigenvalue weighted by Gasteiger charge is -2.08. The third-order valence-electron chi connectivity index (χ3n) is 2.92. The number of anilines is 1. The molecule has 120 valence electrons. The number of ether oxygens (including phenoxy) is 1. The van der Waals surface area contributed by atoms with Crippen LogP contribution in [-0.2, 0) is 16.0 Å². The molecule has 5 heteroatoms. The minimum atomic E-state index is 0. The number of nitrogen functional groups attached to an aromatic ring is 1. The van der Waals surface area contributed by atoms with Crippen LogP contribution >= 0.6 is 12.4 Å². The maximum atomic E-state index is 11.7. The van der Waals surface area contributed by atoms with Crippen LogP contribution in [0.3, 0.4) is 0 Å². The van der Waals surface area contributed by atoms with Gasteiger partial charge in [-0.2, -0.15) is 0 Å². The molecular formula is C16H27ClN2O2. The van der Waals surface area contributed by atoms with E-state index in [1.54, 1.807) is 0 Å². The van der Waals surface area contributed by atoms with Crippen molar-refractivity contribution in [1.82, 2.24) is 5.32 Å². The molecule has 0 spiro atoms. The third kappa shape index (κ3) is 9.32. The lowest BCUT2D eigenvalue weighted by Crippen LogP contribution is -2.25. The summed E-state index contributed by atoms with van der Waals surface area (Å²) in [7, 11) is 0. The number of carbonyl (C=O) groups is 1. The number of hydrogen-bond acceptors (Lipinski definition) is 3. The molecule has 0 radical (unpaired) electrons. The first kappa shape index (κ1) is 19.7. The van der Waals surface area contributed by atoms with E-state index in [-0.39, 0.29) is 18.3 Å². The van der Waals surface area contributed by atoms with Gasteiger partial charge in [0.25, 0.3) is 0 Å². The van der Waals surface area contributed by atoms with E-state index in [2.05, 4.69) is 19.2 Å². The first-order valence-electron chi connectivity index (χ1n) is 7.27. The van der Waals surface area contributed by atoms with Gasteiger partial charge in [-0.25, -0.2) is 0 Å². The summed E-state index contributed by atoms with van der Waals surface area (Å²) in [6, 6.07) is 7.66. The summed E-state index contributed by atoms with van der Waals surface area (Å²) in [4.78, 5) is 11.7. The zero-order valence-electron chi connectivity index (χ0n) is 12.9. The Balaban J connectivity index is 0.00000400. The molecule has 3 N–H and O–H groups in total. The third-order valence-corrected chi connectivity index (χ3v) is 2.92. The van der Waals surface area contributed by atoms with Crippen molar-refractivity contribution in [3.05, 3.63) is 29.8 Å². The normalized spacial score (nSPS) is 10.2. The molecule has 0 bridgehead atoms. The van der Waals surface area contributed by atoms with Crippen molar-refractivity contribution in [2.45, 2.75) is 33.1 Å². The highest BCUT2D eigenvalue weighted by Crippen LogP contribution is 2.12. The Kier molecular flexibility index (Phi) is 10.7. The van der Waals surface area contributed by atoms with Gasteiger partial charge in [0, 0.05) is 31.9 Å². The fraction of sp³-hybridized carbons (Fsp3) is 0.562. The van der Waals surface area contributed by atoms with Crippen LogP contribution in [0.1, 0.15) is 32.3 Å². The SMILES string of the molecule is CC(C)COCCCNC(=O)CCc1ccccc1N.Cl. The molecule has 0 fully saturated rings. The highest BCUT2D eigenvalue weighted by Gasteiger charge is 2.03. The first-order valence-corrected chi connectivity index (χ1v) is 7.27. The van der Waals surface area contributed by atoms with Gasteiger partial charge in [-0.15, -0.1) is 12.4 Å². The van der Waals surface area contributed by atoms with Gasteiger partial charge in [-0.3, -0.25) is 4.79 Å². The van der Waals surface area contributed by atoms with E-state index in [1.165, 1.54) is 0 Å². The predicted molar refractivity (Wildman–Crippen MR) is 89.7 cm³/mol. The van der Waals surface area contributed by atoms with Crippen molar-refractivity contribution in [2.24, 2.45) is 5.92 Å². The van der Waals surface area contributed by atoms with E-state index < -0.39 is 0 Å². The number of halogens is 1. The zero-order chi connectivity index (χ0) is 14.8. The Labute approximate surface area is 133 Å². The van der Waals surface area contributed by atoms with Crippen LogP contribution < -0.4 is 11.1 Å². The van der Waals surface area contributed by atoms with Crippen LogP contribution in [0.2, 0.25) is 0 Å². The van der Waals surface area contributed by atoms with Gasteiger partial charge in [0.1, 0.15) is 0 Å². The van der Waals surface area contributed by atoms with Crippen molar-refractivity contribution in [3.8, 4) is 0 Å². The Morgan fingerprint density at radius 2 is 2.05 bits per heavy atom. The monoisotopic (exact) mass is 314 g/mol. The fourth-order valence-electron chi connectivity index (χ4n) is 1.82. The zero-order valence-corrected chi connectivity index (χ0v) is 13.7. The van der Waals surface area contributed by atoms with Crippen molar-refractivity contribution in [3.63, 3.8) is 0 Å². The number of carbonyl (C=O) groups excluding carboxylic acids is 1. The molecule has 1 aromatic rings. The van der Waals surface area contributed by atoms with Crippen molar-refractivity contribution in [1.29, 1.82) is 0 Å². The van der Waals surface area contributed by atoms with E-state index in [1.807, 2.05) is 24.3 Å². The van der Waals surface area contributed by atoms with Crippen molar-refractivity contribution in [2.75, 3.05) is 25.5 Å². The number of aryl methyl sites for hydroxylation is 1. The largest absolute Gasteiger partial charge is 0.399 e. The number of nitrogens with two attached hydrogens (primary N) is 1. The minimum Gasteiger partial charge on any atom is -0.399 e. The number of hydrogen-bond donors (Lipinski definition) is 2. The Bertz CT molecular complexity index is 411. The predicted octanol–water partition coefficient (Wildman–Crippen LogP) is 2.80. The van der Waals surface area contributed by atoms with Crippen molar-refractivity contribution >= 4 is 24.0 Å². The molecule has 0 aromatic heterocycles. The summed E-state index contributed by atoms with van der Waals surface area (Å²) in [6.45, 7) is 6.39. The van der Waals surface area contributed by atoms with E-state index in [9.17, 15) is 4.79 Å². The van der Waals surface area contributed by atoms with E-state index in [0.717, 1.165) is 24.3 Å². The highest BCUT2D eigenvalue weighted by atomic mass is 35.5. The van der Waals surface area contributed by atoms with Gasteiger partial charge in [0.15, 0.2) is 0 Å². The molecule has 21 heavy (non-hydrogen) atoms. The molecule has 1 aromatic carbocycles. The second-order valence-corrected chi connectivity index (χ2v) is 5.37. The second kappa shape index (κ2) is 11.4. The second-order valence-electron chi connectivity index (χ2n) is 5.37. The van der Waals surface area contributed by atoms with Crippen LogP contribution in [0.15, 0.2) is 24.3 Å². The molecule has 4 nitrogen and oxygen atoms in total. The summed E-state index contributed by atoms with van der Waals surface area (Å²) in [5, 5.41) is 2.90. The van der Waals surface area contributed by atoms with Gasteiger partial charge in [0.05, 0.1) is 0 Å². The number of rotatable bonds is 9. The number of benzene rings is 1. The minimum absolute atomic E-state index is 0. The summed E-state index contributed by atoms with van der Waals surface area (Å²) >= 11 is 0. The lowest BCUT2D eigenvalue weighted by atomic mass is 10.1. The smallest absolute Gasteiger partial charge is 0.220 e. The summed E-state index contributed by atoms with van der Waals surface area (Å²) < 4.78 is 5.45. The quantitative estimate of drug-likeness (QED) is 0.544. The Morgan fingerprint density at radius 3 is 2.71 bits per heavy atom. The molecular weight excluding hydrogens is 288 g/mol. The molecule has 1 amide bonds. The van der Waals surface area contributed by atoms with E-state index in [4.69, 9.17) is 10.5 Å². The number of amides is 1. The maximum Gasteiger partial charge on any atom is 0.220 e. The molecule has 0 aliphatic carbocycles. The molecule has 0 aliphatic rings. The molecule has 0 aliphatic heterocycles. The molecule has 0 heterocycles. The Hall–Kier alpha value is -1.26. The standard InChI is InChI=1S/C16H26N2O2.ClH/c1-13(2)12-20-11-5-10-18-16(19)9-8-14-6-3-4-7-15(14)17;/h3-4,6-7,13H,5,8-12,17H2,1-2H3,(H,18,19);1H. The first-order chi connectivity index (χ1) is 9.59.